The number of hydrogen-bond donors (Lipinski definition) is 2. The highest BCUT2D eigenvalue weighted by atomic mass is 16.2. The SMILES string of the molecule is CCC1(C(=O)Nc2cccc(C(C)C)c2)CCNC1. The second-order valence-corrected chi connectivity index (χ2v) is 5.79. The standard InChI is InChI=1S/C16H24N2O/c1-4-16(8-9-17-11-16)15(19)18-14-7-5-6-13(10-14)12(2)3/h5-7,10,12,17H,4,8-9,11H2,1-3H3,(H,18,19). The number of amides is 1. The summed E-state index contributed by atoms with van der Waals surface area (Å²) in [5.74, 6) is 0.631. The first-order valence-electron chi connectivity index (χ1n) is 7.19. The predicted molar refractivity (Wildman–Crippen MR) is 79.4 cm³/mol. The quantitative estimate of drug-likeness (QED) is 0.873. The van der Waals surface area contributed by atoms with E-state index in [4.69, 9.17) is 0 Å². The largest absolute Gasteiger partial charge is 0.326 e. The third-order valence-electron chi connectivity index (χ3n) is 4.21. The summed E-state index contributed by atoms with van der Waals surface area (Å²) < 4.78 is 0. The monoisotopic (exact) mass is 260 g/mol. The van der Waals surface area contributed by atoms with Crippen molar-refractivity contribution in [3.8, 4) is 0 Å². The highest BCUT2D eigenvalue weighted by Crippen LogP contribution is 2.31. The van der Waals surface area contributed by atoms with Crippen LogP contribution in [0.5, 0.6) is 0 Å². The van der Waals surface area contributed by atoms with Crippen LogP contribution < -0.4 is 10.6 Å². The molecular formula is C16H24N2O. The van der Waals surface area contributed by atoms with Gasteiger partial charge in [-0.3, -0.25) is 4.79 Å². The fourth-order valence-electron chi connectivity index (χ4n) is 2.64. The van der Waals surface area contributed by atoms with Gasteiger partial charge in [-0.1, -0.05) is 32.9 Å². The van der Waals surface area contributed by atoms with Gasteiger partial charge < -0.3 is 10.6 Å². The number of nitrogens with one attached hydrogen (secondary N) is 2. The van der Waals surface area contributed by atoms with Gasteiger partial charge in [0.2, 0.25) is 5.91 Å². The van der Waals surface area contributed by atoms with Gasteiger partial charge in [0.25, 0.3) is 0 Å². The molecule has 1 heterocycles. The number of rotatable bonds is 4. The Morgan fingerprint density at radius 1 is 1.47 bits per heavy atom. The van der Waals surface area contributed by atoms with Crippen molar-refractivity contribution in [2.75, 3.05) is 18.4 Å². The molecule has 3 nitrogen and oxygen atoms in total. The minimum absolute atomic E-state index is 0.154. The van der Waals surface area contributed by atoms with E-state index in [1.165, 1.54) is 5.56 Å². The molecule has 3 heteroatoms. The smallest absolute Gasteiger partial charge is 0.231 e. The fourth-order valence-corrected chi connectivity index (χ4v) is 2.64. The summed E-state index contributed by atoms with van der Waals surface area (Å²) in [6, 6.07) is 8.16. The van der Waals surface area contributed by atoms with Crippen LogP contribution in [0.4, 0.5) is 5.69 Å². The Morgan fingerprint density at radius 2 is 2.26 bits per heavy atom. The summed E-state index contributed by atoms with van der Waals surface area (Å²) >= 11 is 0. The molecule has 1 aliphatic heterocycles. The normalized spacial score (nSPS) is 22.7. The summed E-state index contributed by atoms with van der Waals surface area (Å²) in [6.07, 6.45) is 1.81. The van der Waals surface area contributed by atoms with E-state index in [9.17, 15) is 4.79 Å². The molecule has 2 N–H and O–H groups in total. The third-order valence-corrected chi connectivity index (χ3v) is 4.21. The maximum absolute atomic E-state index is 12.5. The molecule has 1 atom stereocenters. The zero-order chi connectivity index (χ0) is 13.9. The summed E-state index contributed by atoms with van der Waals surface area (Å²) in [6.45, 7) is 8.15. The van der Waals surface area contributed by atoms with E-state index in [0.29, 0.717) is 5.92 Å². The van der Waals surface area contributed by atoms with E-state index in [2.05, 4.69) is 43.5 Å². The van der Waals surface area contributed by atoms with E-state index in [0.717, 1.165) is 31.6 Å². The second-order valence-electron chi connectivity index (χ2n) is 5.79. The number of carbonyl (C=O) groups is 1. The Labute approximate surface area is 115 Å². The Bertz CT molecular complexity index is 448. The van der Waals surface area contributed by atoms with Gasteiger partial charge >= 0.3 is 0 Å². The van der Waals surface area contributed by atoms with Gasteiger partial charge in [0.05, 0.1) is 5.41 Å². The van der Waals surface area contributed by atoms with Crippen LogP contribution in [0.3, 0.4) is 0 Å². The van der Waals surface area contributed by atoms with E-state index < -0.39 is 0 Å². The molecule has 1 saturated heterocycles. The Balaban J connectivity index is 2.12. The number of carbonyl (C=O) groups excluding carboxylic acids is 1. The molecule has 1 amide bonds. The van der Waals surface area contributed by atoms with Crippen LogP contribution in [0.15, 0.2) is 24.3 Å². The number of hydrogen-bond acceptors (Lipinski definition) is 2. The van der Waals surface area contributed by atoms with Crippen LogP contribution in [0.25, 0.3) is 0 Å². The van der Waals surface area contributed by atoms with Gasteiger partial charge in [-0.05, 0) is 43.0 Å². The molecule has 0 spiro atoms. The van der Waals surface area contributed by atoms with Crippen molar-refractivity contribution in [1.29, 1.82) is 0 Å². The first-order chi connectivity index (χ1) is 9.07. The van der Waals surface area contributed by atoms with E-state index >= 15 is 0 Å². The minimum Gasteiger partial charge on any atom is -0.326 e. The average molecular weight is 260 g/mol. The maximum atomic E-state index is 12.5. The predicted octanol–water partition coefficient (Wildman–Crippen LogP) is 3.14. The van der Waals surface area contributed by atoms with E-state index in [-0.39, 0.29) is 11.3 Å². The molecule has 0 radical (unpaired) electrons. The van der Waals surface area contributed by atoms with Gasteiger partial charge in [-0.2, -0.15) is 0 Å². The summed E-state index contributed by atoms with van der Waals surface area (Å²) in [5.41, 5.74) is 1.94. The summed E-state index contributed by atoms with van der Waals surface area (Å²) in [5, 5.41) is 6.39. The summed E-state index contributed by atoms with van der Waals surface area (Å²) in [7, 11) is 0. The zero-order valence-corrected chi connectivity index (χ0v) is 12.1. The molecule has 1 unspecified atom stereocenters. The molecule has 1 fully saturated rings. The molecule has 1 aromatic carbocycles. The van der Waals surface area contributed by atoms with Gasteiger partial charge in [-0.15, -0.1) is 0 Å². The molecule has 104 valence electrons. The van der Waals surface area contributed by atoms with Gasteiger partial charge in [-0.25, -0.2) is 0 Å². The Hall–Kier alpha value is -1.35. The fraction of sp³-hybridized carbons (Fsp3) is 0.562. The molecule has 0 aromatic heterocycles. The first kappa shape index (κ1) is 14.1. The van der Waals surface area contributed by atoms with Crippen LogP contribution in [-0.2, 0) is 4.79 Å². The number of benzene rings is 1. The lowest BCUT2D eigenvalue weighted by molar-refractivity contribution is -0.124. The lowest BCUT2D eigenvalue weighted by atomic mass is 9.83. The Morgan fingerprint density at radius 3 is 2.84 bits per heavy atom. The van der Waals surface area contributed by atoms with Crippen molar-refractivity contribution in [3.05, 3.63) is 29.8 Å². The van der Waals surface area contributed by atoms with Crippen molar-refractivity contribution in [3.63, 3.8) is 0 Å². The van der Waals surface area contributed by atoms with Gasteiger partial charge in [0.1, 0.15) is 0 Å². The zero-order valence-electron chi connectivity index (χ0n) is 12.1. The molecule has 0 saturated carbocycles. The van der Waals surface area contributed by atoms with Crippen molar-refractivity contribution in [2.24, 2.45) is 5.41 Å². The van der Waals surface area contributed by atoms with Crippen LogP contribution in [0.1, 0.15) is 45.1 Å². The van der Waals surface area contributed by atoms with Crippen molar-refractivity contribution in [1.82, 2.24) is 5.32 Å². The molecule has 1 aliphatic rings. The van der Waals surface area contributed by atoms with Crippen LogP contribution in [0.2, 0.25) is 0 Å². The van der Waals surface area contributed by atoms with Crippen LogP contribution in [0, 0.1) is 5.41 Å². The minimum atomic E-state index is -0.228. The molecule has 1 aromatic rings. The van der Waals surface area contributed by atoms with E-state index in [1.807, 2.05) is 12.1 Å². The molecule has 0 bridgehead atoms. The van der Waals surface area contributed by atoms with Crippen LogP contribution in [-0.4, -0.2) is 19.0 Å². The maximum Gasteiger partial charge on any atom is 0.231 e. The molecular weight excluding hydrogens is 236 g/mol. The third kappa shape index (κ3) is 2.98. The average Bonchev–Trinajstić information content (AvgIpc) is 2.89. The number of anilines is 1. The van der Waals surface area contributed by atoms with Crippen LogP contribution >= 0.6 is 0 Å². The van der Waals surface area contributed by atoms with Gasteiger partial charge in [0.15, 0.2) is 0 Å². The lowest BCUT2D eigenvalue weighted by Crippen LogP contribution is -2.37. The highest BCUT2D eigenvalue weighted by molar-refractivity contribution is 5.95. The second kappa shape index (κ2) is 5.74. The van der Waals surface area contributed by atoms with E-state index in [1.54, 1.807) is 0 Å². The highest BCUT2D eigenvalue weighted by Gasteiger charge is 2.39. The lowest BCUT2D eigenvalue weighted by Gasteiger charge is -2.25. The van der Waals surface area contributed by atoms with Crippen molar-refractivity contribution < 1.29 is 4.79 Å². The molecule has 2 rings (SSSR count). The Kier molecular flexibility index (Phi) is 4.25. The molecule has 0 aliphatic carbocycles. The van der Waals surface area contributed by atoms with Gasteiger partial charge in [0, 0.05) is 12.2 Å². The summed E-state index contributed by atoms with van der Waals surface area (Å²) in [4.78, 5) is 12.5. The van der Waals surface area contributed by atoms with Crippen molar-refractivity contribution in [2.45, 2.75) is 39.5 Å². The topological polar surface area (TPSA) is 41.1 Å². The van der Waals surface area contributed by atoms with Crippen molar-refractivity contribution >= 4 is 11.6 Å². The molecule has 19 heavy (non-hydrogen) atoms. The first-order valence-corrected chi connectivity index (χ1v) is 7.19.